The van der Waals surface area contributed by atoms with Gasteiger partial charge in [-0.15, -0.1) is 0 Å². The molecule has 0 atom stereocenters. The molecule has 1 aromatic heterocycles. The molecule has 0 saturated heterocycles. The van der Waals surface area contributed by atoms with Gasteiger partial charge in [-0.05, 0) is 42.0 Å². The predicted octanol–water partition coefficient (Wildman–Crippen LogP) is 2.83. The van der Waals surface area contributed by atoms with E-state index in [4.69, 9.17) is 10.4 Å². The van der Waals surface area contributed by atoms with E-state index in [2.05, 4.69) is 29.0 Å². The predicted molar refractivity (Wildman–Crippen MR) is 69.8 cm³/mol. The van der Waals surface area contributed by atoms with E-state index in [-0.39, 0.29) is 12.0 Å². The Hall–Kier alpha value is -1.79. The molecule has 92 valence electrons. The maximum Gasteiger partial charge on any atom is 0.0682 e. The maximum absolute atomic E-state index is 9.13. The fourth-order valence-corrected chi connectivity index (χ4v) is 2.58. The summed E-state index contributed by atoms with van der Waals surface area (Å²) in [5.74, 6) is 0. The molecule has 1 heterocycles. The molecule has 1 aliphatic carbocycles. The molecule has 3 nitrogen and oxygen atoms in total. The van der Waals surface area contributed by atoms with Crippen molar-refractivity contribution in [2.75, 3.05) is 0 Å². The van der Waals surface area contributed by atoms with E-state index < -0.39 is 0 Å². The van der Waals surface area contributed by atoms with Crippen LogP contribution >= 0.6 is 0 Å². The van der Waals surface area contributed by atoms with Crippen LogP contribution < -0.4 is 0 Å². The van der Waals surface area contributed by atoms with Gasteiger partial charge in [-0.25, -0.2) is 0 Å². The Balaban J connectivity index is 1.92. The Labute approximate surface area is 106 Å². The van der Waals surface area contributed by atoms with Gasteiger partial charge in [-0.2, -0.15) is 5.26 Å². The van der Waals surface area contributed by atoms with E-state index in [1.165, 1.54) is 5.52 Å². The van der Waals surface area contributed by atoms with E-state index in [1.54, 1.807) is 0 Å². The molecule has 0 aliphatic heterocycles. The van der Waals surface area contributed by atoms with Crippen molar-refractivity contribution in [3.8, 4) is 6.07 Å². The van der Waals surface area contributed by atoms with Gasteiger partial charge in [0.15, 0.2) is 0 Å². The largest absolute Gasteiger partial charge is 0.392 e. The number of nitriles is 1. The summed E-state index contributed by atoms with van der Waals surface area (Å²) in [7, 11) is 0. The van der Waals surface area contributed by atoms with Crippen LogP contribution in [0.5, 0.6) is 0 Å². The molecule has 3 heteroatoms. The summed E-state index contributed by atoms with van der Waals surface area (Å²) in [6.45, 7) is 1.02. The van der Waals surface area contributed by atoms with E-state index in [0.29, 0.717) is 6.42 Å². The number of rotatable bonds is 4. The van der Waals surface area contributed by atoms with Crippen LogP contribution in [-0.4, -0.2) is 9.67 Å². The topological polar surface area (TPSA) is 49.0 Å². The molecule has 1 aromatic carbocycles. The average molecular weight is 240 g/mol. The Kier molecular flexibility index (Phi) is 2.61. The van der Waals surface area contributed by atoms with E-state index >= 15 is 0 Å². The van der Waals surface area contributed by atoms with Crippen molar-refractivity contribution in [3.63, 3.8) is 0 Å². The highest BCUT2D eigenvalue weighted by atomic mass is 16.3. The standard InChI is InChI=1S/C15H16N2O/c16-7-6-15(4-5-15)11-17-8-3-13-9-12(10-18)1-2-14(13)17/h1-3,8-9,18H,4-6,10-11H2. The Bertz CT molecular complexity index is 617. The van der Waals surface area contributed by atoms with Gasteiger partial charge < -0.3 is 9.67 Å². The van der Waals surface area contributed by atoms with Crippen molar-refractivity contribution in [2.24, 2.45) is 5.41 Å². The van der Waals surface area contributed by atoms with E-state index in [9.17, 15) is 0 Å². The molecule has 0 unspecified atom stereocenters. The van der Waals surface area contributed by atoms with Crippen LogP contribution in [0.2, 0.25) is 0 Å². The van der Waals surface area contributed by atoms with Crippen LogP contribution in [0, 0.1) is 16.7 Å². The molecule has 1 aliphatic rings. The molecule has 0 bridgehead atoms. The molecule has 1 N–H and O–H groups in total. The normalized spacial score (nSPS) is 16.7. The van der Waals surface area contributed by atoms with Crippen molar-refractivity contribution in [2.45, 2.75) is 32.4 Å². The summed E-state index contributed by atoms with van der Waals surface area (Å²) in [4.78, 5) is 0. The highest BCUT2D eigenvalue weighted by Crippen LogP contribution is 2.50. The second kappa shape index (κ2) is 4.15. The van der Waals surface area contributed by atoms with Gasteiger partial charge in [0.2, 0.25) is 0 Å². The van der Waals surface area contributed by atoms with Crippen LogP contribution in [0.15, 0.2) is 30.5 Å². The zero-order valence-corrected chi connectivity index (χ0v) is 10.3. The maximum atomic E-state index is 9.13. The van der Waals surface area contributed by atoms with Crippen molar-refractivity contribution < 1.29 is 5.11 Å². The van der Waals surface area contributed by atoms with Crippen molar-refractivity contribution in [1.82, 2.24) is 4.57 Å². The van der Waals surface area contributed by atoms with Crippen molar-refractivity contribution in [3.05, 3.63) is 36.0 Å². The van der Waals surface area contributed by atoms with Gasteiger partial charge in [0.05, 0.1) is 12.7 Å². The lowest BCUT2D eigenvalue weighted by molar-refractivity contribution is 0.282. The first-order chi connectivity index (χ1) is 8.76. The molecule has 0 amide bonds. The van der Waals surface area contributed by atoms with Crippen molar-refractivity contribution >= 4 is 10.9 Å². The van der Waals surface area contributed by atoms with E-state index in [1.807, 2.05) is 12.1 Å². The Morgan fingerprint density at radius 2 is 2.17 bits per heavy atom. The first-order valence-corrected chi connectivity index (χ1v) is 6.32. The number of benzene rings is 1. The summed E-state index contributed by atoms with van der Waals surface area (Å²) >= 11 is 0. The molecule has 18 heavy (non-hydrogen) atoms. The van der Waals surface area contributed by atoms with Crippen LogP contribution in [0.4, 0.5) is 0 Å². The van der Waals surface area contributed by atoms with Gasteiger partial charge in [-0.3, -0.25) is 0 Å². The third-order valence-electron chi connectivity index (χ3n) is 3.93. The Morgan fingerprint density at radius 1 is 1.33 bits per heavy atom. The van der Waals surface area contributed by atoms with Crippen LogP contribution in [0.1, 0.15) is 24.8 Å². The minimum Gasteiger partial charge on any atom is -0.392 e. The lowest BCUT2D eigenvalue weighted by Crippen LogP contribution is -2.10. The number of hydrogen-bond donors (Lipinski definition) is 1. The lowest BCUT2D eigenvalue weighted by Gasteiger charge is -2.13. The summed E-state index contributed by atoms with van der Waals surface area (Å²) < 4.78 is 2.24. The lowest BCUT2D eigenvalue weighted by atomic mass is 10.0. The van der Waals surface area contributed by atoms with Gasteiger partial charge >= 0.3 is 0 Å². The molecular formula is C15H16N2O. The number of fused-ring (bicyclic) bond motifs is 1. The first kappa shape index (κ1) is 11.3. The minimum absolute atomic E-state index is 0.0828. The summed E-state index contributed by atoms with van der Waals surface area (Å²) in [5, 5.41) is 19.2. The third kappa shape index (κ3) is 1.89. The van der Waals surface area contributed by atoms with Crippen LogP contribution in [0.25, 0.3) is 10.9 Å². The summed E-state index contributed by atoms with van der Waals surface area (Å²) in [6.07, 6.45) is 5.06. The quantitative estimate of drug-likeness (QED) is 0.893. The number of aromatic nitrogens is 1. The van der Waals surface area contributed by atoms with Crippen molar-refractivity contribution in [1.29, 1.82) is 5.26 Å². The van der Waals surface area contributed by atoms with Gasteiger partial charge in [-0.1, -0.05) is 6.07 Å². The fraction of sp³-hybridized carbons (Fsp3) is 0.400. The highest BCUT2D eigenvalue weighted by Gasteiger charge is 2.42. The fourth-order valence-electron chi connectivity index (χ4n) is 2.58. The molecule has 1 saturated carbocycles. The number of aliphatic hydroxyl groups excluding tert-OH is 1. The zero-order chi connectivity index (χ0) is 12.6. The second-order valence-corrected chi connectivity index (χ2v) is 5.33. The molecular weight excluding hydrogens is 224 g/mol. The van der Waals surface area contributed by atoms with Gasteiger partial charge in [0, 0.05) is 30.1 Å². The number of aliphatic hydroxyl groups is 1. The smallest absolute Gasteiger partial charge is 0.0682 e. The molecule has 1 fully saturated rings. The average Bonchev–Trinajstić information content (AvgIpc) is 3.03. The molecule has 2 aromatic rings. The van der Waals surface area contributed by atoms with Crippen LogP contribution in [-0.2, 0) is 13.2 Å². The highest BCUT2D eigenvalue weighted by molar-refractivity contribution is 5.80. The zero-order valence-electron chi connectivity index (χ0n) is 10.3. The van der Waals surface area contributed by atoms with Gasteiger partial charge in [0.1, 0.15) is 0 Å². The summed E-state index contributed by atoms with van der Waals surface area (Å²) in [6, 6.07) is 10.4. The second-order valence-electron chi connectivity index (χ2n) is 5.33. The number of hydrogen-bond acceptors (Lipinski definition) is 2. The molecule has 3 rings (SSSR count). The Morgan fingerprint density at radius 3 is 2.83 bits per heavy atom. The third-order valence-corrected chi connectivity index (χ3v) is 3.93. The monoisotopic (exact) mass is 240 g/mol. The summed E-state index contributed by atoms with van der Waals surface area (Å²) in [5.41, 5.74) is 2.35. The molecule has 0 radical (unpaired) electrons. The van der Waals surface area contributed by atoms with Crippen LogP contribution in [0.3, 0.4) is 0 Å². The van der Waals surface area contributed by atoms with E-state index in [0.717, 1.165) is 30.3 Å². The number of nitrogens with zero attached hydrogens (tertiary/aromatic N) is 2. The van der Waals surface area contributed by atoms with Gasteiger partial charge in [0.25, 0.3) is 0 Å². The minimum atomic E-state index is 0.0828. The SMILES string of the molecule is N#CCC1(Cn2ccc3cc(CO)ccc32)CC1. The molecule has 0 spiro atoms. The first-order valence-electron chi connectivity index (χ1n) is 6.32.